The van der Waals surface area contributed by atoms with E-state index in [4.69, 9.17) is 0 Å². The van der Waals surface area contributed by atoms with Crippen molar-refractivity contribution >= 4 is 17.5 Å². The third-order valence-electron chi connectivity index (χ3n) is 1.95. The molecule has 2 rings (SSSR count). The van der Waals surface area contributed by atoms with Gasteiger partial charge in [0.2, 0.25) is 0 Å². The minimum atomic E-state index is -0.244. The van der Waals surface area contributed by atoms with Crippen LogP contribution in [0.1, 0.15) is 6.92 Å². The Kier molecular flexibility index (Phi) is 2.91. The highest BCUT2D eigenvalue weighted by molar-refractivity contribution is 6.99. The lowest BCUT2D eigenvalue weighted by Gasteiger charge is -2.01. The van der Waals surface area contributed by atoms with E-state index in [1.807, 2.05) is 6.92 Å². The molecule has 1 heterocycles. The summed E-state index contributed by atoms with van der Waals surface area (Å²) in [6, 6.07) is 6.24. The molecule has 0 atom stereocenters. The van der Waals surface area contributed by atoms with Gasteiger partial charge in [-0.2, -0.15) is 8.75 Å². The van der Waals surface area contributed by atoms with Crippen LogP contribution in [0.15, 0.2) is 24.3 Å². The Hall–Kier alpha value is -1.49. The molecule has 0 unspecified atom stereocenters. The standard InChI is InChI=1S/C10H10FN3S/c1-2-12-10-9(13-15-14-10)7-3-5-8(11)6-4-7/h3-6H,2H2,1H3,(H,12,14). The van der Waals surface area contributed by atoms with Crippen LogP contribution in [0.4, 0.5) is 10.2 Å². The van der Waals surface area contributed by atoms with Crippen molar-refractivity contribution in [3.05, 3.63) is 30.1 Å². The molecule has 0 saturated carbocycles. The van der Waals surface area contributed by atoms with Crippen molar-refractivity contribution in [3.8, 4) is 11.3 Å². The number of nitrogens with one attached hydrogen (secondary N) is 1. The quantitative estimate of drug-likeness (QED) is 0.869. The van der Waals surface area contributed by atoms with Gasteiger partial charge in [-0.15, -0.1) is 0 Å². The Bertz CT molecular complexity index is 438. The van der Waals surface area contributed by atoms with Crippen LogP contribution in [0, 0.1) is 5.82 Å². The van der Waals surface area contributed by atoms with Crippen molar-refractivity contribution in [1.29, 1.82) is 0 Å². The van der Waals surface area contributed by atoms with Crippen molar-refractivity contribution in [2.45, 2.75) is 6.92 Å². The maximum absolute atomic E-state index is 12.7. The summed E-state index contributed by atoms with van der Waals surface area (Å²) in [6.07, 6.45) is 0. The summed E-state index contributed by atoms with van der Waals surface area (Å²) in [5.41, 5.74) is 1.66. The molecular weight excluding hydrogens is 213 g/mol. The maximum Gasteiger partial charge on any atom is 0.168 e. The molecule has 0 fully saturated rings. The summed E-state index contributed by atoms with van der Waals surface area (Å²) in [4.78, 5) is 0. The predicted molar refractivity (Wildman–Crippen MR) is 59.5 cm³/mol. The second-order valence-corrected chi connectivity index (χ2v) is 3.53. The van der Waals surface area contributed by atoms with Crippen LogP contribution in [-0.4, -0.2) is 15.3 Å². The summed E-state index contributed by atoms with van der Waals surface area (Å²) in [6.45, 7) is 2.79. The lowest BCUT2D eigenvalue weighted by Crippen LogP contribution is -1.98. The van der Waals surface area contributed by atoms with Crippen LogP contribution in [0.25, 0.3) is 11.3 Å². The molecule has 1 aromatic heterocycles. The molecular formula is C10H10FN3S. The van der Waals surface area contributed by atoms with E-state index in [1.165, 1.54) is 12.1 Å². The first-order chi connectivity index (χ1) is 7.31. The van der Waals surface area contributed by atoms with E-state index in [-0.39, 0.29) is 5.82 Å². The molecule has 0 aliphatic rings. The minimum Gasteiger partial charge on any atom is -0.368 e. The van der Waals surface area contributed by atoms with E-state index in [9.17, 15) is 4.39 Å². The summed E-state index contributed by atoms with van der Waals surface area (Å²) in [7, 11) is 0. The van der Waals surface area contributed by atoms with Gasteiger partial charge in [0, 0.05) is 12.1 Å². The number of hydrogen-bond acceptors (Lipinski definition) is 4. The zero-order valence-electron chi connectivity index (χ0n) is 8.20. The minimum absolute atomic E-state index is 0.244. The highest BCUT2D eigenvalue weighted by Gasteiger charge is 2.09. The monoisotopic (exact) mass is 223 g/mol. The molecule has 5 heteroatoms. The van der Waals surface area contributed by atoms with Gasteiger partial charge in [-0.1, -0.05) is 0 Å². The number of rotatable bonds is 3. The predicted octanol–water partition coefficient (Wildman–Crippen LogP) is 2.78. The van der Waals surface area contributed by atoms with Gasteiger partial charge < -0.3 is 5.32 Å². The van der Waals surface area contributed by atoms with Gasteiger partial charge in [0.1, 0.15) is 11.5 Å². The molecule has 0 spiro atoms. The van der Waals surface area contributed by atoms with Crippen molar-refractivity contribution in [2.24, 2.45) is 0 Å². The molecule has 0 aliphatic carbocycles. The van der Waals surface area contributed by atoms with E-state index < -0.39 is 0 Å². The van der Waals surface area contributed by atoms with Crippen molar-refractivity contribution < 1.29 is 4.39 Å². The largest absolute Gasteiger partial charge is 0.368 e. The van der Waals surface area contributed by atoms with E-state index in [2.05, 4.69) is 14.1 Å². The average molecular weight is 223 g/mol. The van der Waals surface area contributed by atoms with Gasteiger partial charge in [-0.3, -0.25) is 0 Å². The normalized spacial score (nSPS) is 10.3. The van der Waals surface area contributed by atoms with Gasteiger partial charge in [-0.05, 0) is 31.2 Å². The Morgan fingerprint density at radius 2 is 2.00 bits per heavy atom. The zero-order chi connectivity index (χ0) is 10.7. The fourth-order valence-corrected chi connectivity index (χ4v) is 1.82. The Morgan fingerprint density at radius 1 is 1.27 bits per heavy atom. The Labute approximate surface area is 91.3 Å². The molecule has 3 nitrogen and oxygen atoms in total. The van der Waals surface area contributed by atoms with Crippen LogP contribution in [0.5, 0.6) is 0 Å². The smallest absolute Gasteiger partial charge is 0.168 e. The van der Waals surface area contributed by atoms with Crippen molar-refractivity contribution in [2.75, 3.05) is 11.9 Å². The average Bonchev–Trinajstić information content (AvgIpc) is 2.68. The summed E-state index contributed by atoms with van der Waals surface area (Å²) >= 11 is 1.15. The zero-order valence-corrected chi connectivity index (χ0v) is 9.01. The van der Waals surface area contributed by atoms with Gasteiger partial charge in [0.15, 0.2) is 5.82 Å². The SMILES string of the molecule is CCNc1nsnc1-c1ccc(F)cc1. The first-order valence-corrected chi connectivity index (χ1v) is 5.36. The first kappa shape index (κ1) is 10.0. The maximum atomic E-state index is 12.7. The summed E-state index contributed by atoms with van der Waals surface area (Å²) in [5.74, 6) is 0.515. The van der Waals surface area contributed by atoms with E-state index in [1.54, 1.807) is 12.1 Å². The van der Waals surface area contributed by atoms with E-state index in [0.717, 1.165) is 35.3 Å². The van der Waals surface area contributed by atoms with Crippen LogP contribution in [-0.2, 0) is 0 Å². The lowest BCUT2D eigenvalue weighted by molar-refractivity contribution is 0.628. The molecule has 0 aliphatic heterocycles. The number of hydrogen-bond donors (Lipinski definition) is 1. The molecule has 78 valence electrons. The Morgan fingerprint density at radius 3 is 2.67 bits per heavy atom. The van der Waals surface area contributed by atoms with E-state index >= 15 is 0 Å². The van der Waals surface area contributed by atoms with E-state index in [0.29, 0.717) is 0 Å². The number of anilines is 1. The fraction of sp³-hybridized carbons (Fsp3) is 0.200. The highest BCUT2D eigenvalue weighted by atomic mass is 32.1. The van der Waals surface area contributed by atoms with Gasteiger partial charge in [0.05, 0.1) is 11.7 Å². The van der Waals surface area contributed by atoms with Gasteiger partial charge in [-0.25, -0.2) is 4.39 Å². The molecule has 15 heavy (non-hydrogen) atoms. The molecule has 1 aromatic carbocycles. The number of halogens is 1. The van der Waals surface area contributed by atoms with Crippen molar-refractivity contribution in [3.63, 3.8) is 0 Å². The highest BCUT2D eigenvalue weighted by Crippen LogP contribution is 2.25. The van der Waals surface area contributed by atoms with Crippen LogP contribution in [0.3, 0.4) is 0 Å². The lowest BCUT2D eigenvalue weighted by atomic mass is 10.1. The molecule has 2 aromatic rings. The Balaban J connectivity index is 2.36. The number of nitrogens with zero attached hydrogens (tertiary/aromatic N) is 2. The first-order valence-electron chi connectivity index (χ1n) is 4.63. The molecule has 1 N–H and O–H groups in total. The second-order valence-electron chi connectivity index (χ2n) is 3.00. The molecule has 0 amide bonds. The molecule has 0 radical (unpaired) electrons. The van der Waals surface area contributed by atoms with Gasteiger partial charge >= 0.3 is 0 Å². The number of benzene rings is 1. The third-order valence-corrected chi connectivity index (χ3v) is 2.48. The molecule has 0 bridgehead atoms. The topological polar surface area (TPSA) is 37.8 Å². The van der Waals surface area contributed by atoms with Crippen molar-refractivity contribution in [1.82, 2.24) is 8.75 Å². The summed E-state index contributed by atoms with van der Waals surface area (Å²) in [5, 5.41) is 3.11. The van der Waals surface area contributed by atoms with Gasteiger partial charge in [0.25, 0.3) is 0 Å². The number of aromatic nitrogens is 2. The fourth-order valence-electron chi connectivity index (χ4n) is 1.27. The van der Waals surface area contributed by atoms with Crippen LogP contribution >= 0.6 is 11.7 Å². The van der Waals surface area contributed by atoms with Crippen LogP contribution in [0.2, 0.25) is 0 Å². The summed E-state index contributed by atoms with van der Waals surface area (Å²) < 4.78 is 21.0. The molecule has 0 saturated heterocycles. The van der Waals surface area contributed by atoms with Crippen LogP contribution < -0.4 is 5.32 Å². The third kappa shape index (κ3) is 2.12. The second kappa shape index (κ2) is 4.35.